The first kappa shape index (κ1) is 13.8. The normalized spacial score (nSPS) is 14.3. The molecular formula is C16H19N3O2. The number of hydrogen-bond donors (Lipinski definition) is 2. The van der Waals surface area contributed by atoms with E-state index in [2.05, 4.69) is 9.88 Å². The van der Waals surface area contributed by atoms with E-state index in [1.165, 1.54) is 5.69 Å². The number of benzene rings is 1. The number of carbonyl (C=O) groups is 2. The van der Waals surface area contributed by atoms with Gasteiger partial charge in [-0.3, -0.25) is 9.59 Å². The highest BCUT2D eigenvalue weighted by Gasteiger charge is 2.24. The van der Waals surface area contributed by atoms with Crippen LogP contribution in [-0.4, -0.2) is 29.3 Å². The van der Waals surface area contributed by atoms with Gasteiger partial charge in [0.15, 0.2) is 0 Å². The van der Waals surface area contributed by atoms with E-state index in [4.69, 9.17) is 5.73 Å². The molecule has 0 bridgehead atoms. The fourth-order valence-corrected chi connectivity index (χ4v) is 3.16. The van der Waals surface area contributed by atoms with E-state index < -0.39 is 0 Å². The predicted octanol–water partition coefficient (Wildman–Crippen LogP) is 0.925. The van der Waals surface area contributed by atoms with Crippen molar-refractivity contribution >= 4 is 22.6 Å². The third kappa shape index (κ3) is 2.23. The minimum atomic E-state index is -0.115. The molecule has 110 valence electrons. The fourth-order valence-electron chi connectivity index (χ4n) is 3.16. The number of amides is 1. The summed E-state index contributed by atoms with van der Waals surface area (Å²) in [6, 6.07) is 5.69. The highest BCUT2D eigenvalue weighted by Crippen LogP contribution is 2.32. The van der Waals surface area contributed by atoms with Crippen molar-refractivity contribution in [2.75, 3.05) is 13.1 Å². The van der Waals surface area contributed by atoms with Gasteiger partial charge in [0.05, 0.1) is 11.1 Å². The molecule has 0 saturated heterocycles. The summed E-state index contributed by atoms with van der Waals surface area (Å²) >= 11 is 0. The van der Waals surface area contributed by atoms with Gasteiger partial charge in [0.25, 0.3) is 5.91 Å². The van der Waals surface area contributed by atoms with Crippen LogP contribution in [-0.2, 0) is 24.7 Å². The molecular weight excluding hydrogens is 266 g/mol. The van der Waals surface area contributed by atoms with Gasteiger partial charge in [-0.15, -0.1) is 0 Å². The first-order chi connectivity index (χ1) is 10.1. The molecule has 1 heterocycles. The van der Waals surface area contributed by atoms with Crippen LogP contribution >= 0.6 is 0 Å². The van der Waals surface area contributed by atoms with Gasteiger partial charge >= 0.3 is 0 Å². The first-order valence-corrected chi connectivity index (χ1v) is 7.22. The van der Waals surface area contributed by atoms with Crippen LogP contribution in [0.2, 0.25) is 0 Å². The Morgan fingerprint density at radius 1 is 1.38 bits per heavy atom. The molecule has 0 unspecified atom stereocenters. The van der Waals surface area contributed by atoms with Gasteiger partial charge in [0.1, 0.15) is 5.78 Å². The lowest BCUT2D eigenvalue weighted by molar-refractivity contribution is -0.118. The zero-order valence-electron chi connectivity index (χ0n) is 12.1. The molecule has 0 saturated carbocycles. The number of rotatable bonds is 3. The first-order valence-electron chi connectivity index (χ1n) is 7.22. The Balaban J connectivity index is 2.16. The molecule has 1 aromatic heterocycles. The van der Waals surface area contributed by atoms with Crippen molar-refractivity contribution < 1.29 is 9.59 Å². The van der Waals surface area contributed by atoms with Gasteiger partial charge in [0.2, 0.25) is 0 Å². The van der Waals surface area contributed by atoms with Crippen LogP contribution in [0.25, 0.3) is 10.9 Å². The Morgan fingerprint density at radius 3 is 2.95 bits per heavy atom. The van der Waals surface area contributed by atoms with E-state index in [1.54, 1.807) is 0 Å². The Bertz CT molecular complexity index is 731. The zero-order chi connectivity index (χ0) is 15.0. The van der Waals surface area contributed by atoms with Crippen molar-refractivity contribution in [3.63, 3.8) is 0 Å². The Hall–Kier alpha value is -2.14. The summed E-state index contributed by atoms with van der Waals surface area (Å²) < 4.78 is 2.06. The second kappa shape index (κ2) is 5.33. The SMILES string of the molecule is Cn1c2c(c3cccc(C(=O)NCCN)c31)CC(=O)CC2. The molecule has 21 heavy (non-hydrogen) atoms. The molecule has 3 rings (SSSR count). The quantitative estimate of drug-likeness (QED) is 0.880. The molecule has 3 N–H and O–H groups in total. The smallest absolute Gasteiger partial charge is 0.253 e. The Kier molecular flexibility index (Phi) is 3.51. The van der Waals surface area contributed by atoms with E-state index in [9.17, 15) is 9.59 Å². The van der Waals surface area contributed by atoms with E-state index in [0.717, 1.165) is 22.9 Å². The van der Waals surface area contributed by atoms with Crippen LogP contribution in [0.3, 0.4) is 0 Å². The number of carbonyl (C=O) groups excluding carboxylic acids is 2. The topological polar surface area (TPSA) is 77.1 Å². The minimum absolute atomic E-state index is 0.115. The van der Waals surface area contributed by atoms with E-state index in [0.29, 0.717) is 31.5 Å². The summed E-state index contributed by atoms with van der Waals surface area (Å²) in [5.74, 6) is 0.156. The lowest BCUT2D eigenvalue weighted by Gasteiger charge is -2.12. The van der Waals surface area contributed by atoms with E-state index in [1.807, 2.05) is 25.2 Å². The molecule has 0 spiro atoms. The van der Waals surface area contributed by atoms with E-state index in [-0.39, 0.29) is 11.7 Å². The van der Waals surface area contributed by atoms with Crippen molar-refractivity contribution in [2.24, 2.45) is 12.8 Å². The molecule has 1 aromatic carbocycles. The largest absolute Gasteiger partial charge is 0.351 e. The minimum Gasteiger partial charge on any atom is -0.351 e. The average Bonchev–Trinajstić information content (AvgIpc) is 2.77. The fraction of sp³-hybridized carbons (Fsp3) is 0.375. The van der Waals surface area contributed by atoms with Crippen LogP contribution in [0.1, 0.15) is 28.0 Å². The highest BCUT2D eigenvalue weighted by molar-refractivity contribution is 6.08. The maximum Gasteiger partial charge on any atom is 0.253 e. The summed E-state index contributed by atoms with van der Waals surface area (Å²) in [7, 11) is 1.97. The summed E-state index contributed by atoms with van der Waals surface area (Å²) in [6.45, 7) is 0.873. The molecule has 2 aromatic rings. The number of nitrogens with one attached hydrogen (secondary N) is 1. The molecule has 0 fully saturated rings. The maximum absolute atomic E-state index is 12.3. The molecule has 1 aliphatic carbocycles. The van der Waals surface area contributed by atoms with Crippen LogP contribution in [0.4, 0.5) is 0 Å². The van der Waals surface area contributed by atoms with Crippen molar-refractivity contribution in [3.05, 3.63) is 35.0 Å². The lowest BCUT2D eigenvalue weighted by atomic mass is 9.94. The second-order valence-corrected chi connectivity index (χ2v) is 5.45. The third-order valence-electron chi connectivity index (χ3n) is 4.14. The van der Waals surface area contributed by atoms with Crippen LogP contribution < -0.4 is 11.1 Å². The Morgan fingerprint density at radius 2 is 2.19 bits per heavy atom. The number of aryl methyl sites for hydroxylation is 1. The lowest BCUT2D eigenvalue weighted by Crippen LogP contribution is -2.29. The summed E-state index contributed by atoms with van der Waals surface area (Å²) in [5, 5.41) is 3.83. The zero-order valence-corrected chi connectivity index (χ0v) is 12.1. The van der Waals surface area contributed by atoms with Crippen molar-refractivity contribution in [1.29, 1.82) is 0 Å². The van der Waals surface area contributed by atoms with E-state index >= 15 is 0 Å². The number of nitrogens with zero attached hydrogens (tertiary/aromatic N) is 1. The van der Waals surface area contributed by atoms with Gasteiger partial charge in [-0.2, -0.15) is 0 Å². The molecule has 0 radical (unpaired) electrons. The average molecular weight is 285 g/mol. The van der Waals surface area contributed by atoms with Crippen LogP contribution in [0.15, 0.2) is 18.2 Å². The standard InChI is InChI=1S/C16H19N3O2/c1-19-14-6-5-10(20)9-13(14)11-3-2-4-12(15(11)19)16(21)18-8-7-17/h2-4H,5-9,17H2,1H3,(H,18,21). The molecule has 0 aliphatic heterocycles. The molecule has 5 heteroatoms. The van der Waals surface area contributed by atoms with Crippen molar-refractivity contribution in [2.45, 2.75) is 19.3 Å². The second-order valence-electron chi connectivity index (χ2n) is 5.45. The van der Waals surface area contributed by atoms with Gasteiger partial charge < -0.3 is 15.6 Å². The molecule has 1 aliphatic rings. The van der Waals surface area contributed by atoms with Crippen LogP contribution in [0.5, 0.6) is 0 Å². The summed E-state index contributed by atoms with van der Waals surface area (Å²) in [6.07, 6.45) is 1.82. The molecule has 5 nitrogen and oxygen atoms in total. The summed E-state index contributed by atoms with van der Waals surface area (Å²) in [4.78, 5) is 24.0. The number of Topliss-reactive ketones (excluding diaryl/α,β-unsaturated/α-hetero) is 1. The summed E-state index contributed by atoms with van der Waals surface area (Å²) in [5.41, 5.74) is 9.24. The van der Waals surface area contributed by atoms with Gasteiger partial charge in [-0.25, -0.2) is 0 Å². The predicted molar refractivity (Wildman–Crippen MR) is 81.3 cm³/mol. The number of hydrogen-bond acceptors (Lipinski definition) is 3. The van der Waals surface area contributed by atoms with Crippen molar-refractivity contribution in [3.8, 4) is 0 Å². The molecule has 1 amide bonds. The molecule has 0 atom stereocenters. The number of fused-ring (bicyclic) bond motifs is 3. The van der Waals surface area contributed by atoms with Crippen molar-refractivity contribution in [1.82, 2.24) is 9.88 Å². The highest BCUT2D eigenvalue weighted by atomic mass is 16.1. The van der Waals surface area contributed by atoms with Gasteiger partial charge in [-0.1, -0.05) is 12.1 Å². The maximum atomic E-state index is 12.3. The monoisotopic (exact) mass is 285 g/mol. The number of para-hydroxylation sites is 1. The Labute approximate surface area is 123 Å². The number of ketones is 1. The van der Waals surface area contributed by atoms with Gasteiger partial charge in [-0.05, 0) is 18.1 Å². The van der Waals surface area contributed by atoms with Crippen LogP contribution in [0, 0.1) is 0 Å². The number of nitrogens with two attached hydrogens (primary N) is 1. The van der Waals surface area contributed by atoms with Gasteiger partial charge in [0, 0.05) is 44.1 Å². The number of aromatic nitrogens is 1. The third-order valence-corrected chi connectivity index (χ3v) is 4.14.